The largest absolute Gasteiger partial charge is 0.618 e. The maximum absolute atomic E-state index is 14.0. The smallest absolute Gasteiger partial charge is 0.413 e. The lowest BCUT2D eigenvalue weighted by Crippen LogP contribution is -2.53. The number of nitrogens with zero attached hydrogens (tertiary/aromatic N) is 3. The molecule has 0 bridgehead atoms. The van der Waals surface area contributed by atoms with Gasteiger partial charge in [0.1, 0.15) is 23.6 Å². The van der Waals surface area contributed by atoms with E-state index >= 15 is 0 Å². The summed E-state index contributed by atoms with van der Waals surface area (Å²) in [5, 5.41) is 24.1. The maximum Gasteiger partial charge on any atom is 0.413 e. The first-order chi connectivity index (χ1) is 22.1. The summed E-state index contributed by atoms with van der Waals surface area (Å²) < 4.78 is 33.5. The fraction of sp³-hybridized carbons (Fsp3) is 0.212. The van der Waals surface area contributed by atoms with E-state index in [9.17, 15) is 33.1 Å². The molecule has 2 N–H and O–H groups in total. The summed E-state index contributed by atoms with van der Waals surface area (Å²) in [5.41, 5.74) is 2.53. The molecule has 12 nitrogen and oxygen atoms in total. The number of amides is 2. The third kappa shape index (κ3) is 6.14. The lowest BCUT2D eigenvalue weighted by atomic mass is 10.0. The van der Waals surface area contributed by atoms with Crippen LogP contribution in [-0.4, -0.2) is 71.7 Å². The number of Topliss-reactive ketones (excluding diaryl/α,β-unsaturated/α-hetero) is 1. The summed E-state index contributed by atoms with van der Waals surface area (Å²) in [4.78, 5) is 41.6. The molecule has 0 spiro atoms. The molecule has 13 heteroatoms. The van der Waals surface area contributed by atoms with Gasteiger partial charge in [0.05, 0.1) is 12.6 Å². The summed E-state index contributed by atoms with van der Waals surface area (Å²) in [7, 11) is -4.34. The first kappa shape index (κ1) is 30.7. The van der Waals surface area contributed by atoms with Crippen molar-refractivity contribution in [1.29, 1.82) is 0 Å². The second-order valence-corrected chi connectivity index (χ2v) is 12.9. The number of phenols is 1. The van der Waals surface area contributed by atoms with Crippen LogP contribution in [0.25, 0.3) is 11.1 Å². The maximum atomic E-state index is 14.0. The monoisotopic (exact) mass is 642 g/mol. The Morgan fingerprint density at radius 2 is 1.63 bits per heavy atom. The highest BCUT2D eigenvalue weighted by Gasteiger charge is 2.55. The van der Waals surface area contributed by atoms with E-state index in [-0.39, 0.29) is 35.6 Å². The van der Waals surface area contributed by atoms with Crippen LogP contribution in [0.3, 0.4) is 0 Å². The quantitative estimate of drug-likeness (QED) is 0.219. The Balaban J connectivity index is 1.20. The average Bonchev–Trinajstić information content (AvgIpc) is 3.64. The average molecular weight is 643 g/mol. The number of rotatable bonds is 8. The molecule has 2 aliphatic rings. The fourth-order valence-corrected chi connectivity index (χ4v) is 7.62. The van der Waals surface area contributed by atoms with Crippen molar-refractivity contribution in [3.8, 4) is 22.6 Å². The molecule has 0 saturated carbocycles. The number of phenolic OH excluding ortho intramolecular Hbond substituents is 1. The first-order valence-corrected chi connectivity index (χ1v) is 16.0. The number of ether oxygens (including phenoxy) is 1. The van der Waals surface area contributed by atoms with Gasteiger partial charge in [0.15, 0.2) is 12.0 Å². The molecule has 2 amide bonds. The number of ketones is 1. The van der Waals surface area contributed by atoms with E-state index in [1.165, 1.54) is 29.2 Å². The van der Waals surface area contributed by atoms with Crippen LogP contribution < -0.4 is 14.8 Å². The van der Waals surface area contributed by atoms with Gasteiger partial charge in [0.2, 0.25) is 5.91 Å². The second kappa shape index (κ2) is 12.6. The van der Waals surface area contributed by atoms with Crippen molar-refractivity contribution >= 4 is 27.8 Å². The van der Waals surface area contributed by atoms with Crippen LogP contribution >= 0.6 is 0 Å². The molecular weight excluding hydrogens is 612 g/mol. The molecule has 0 aliphatic carbocycles. The number of carbonyl (C=O) groups excluding carboxylic acids is 3. The molecule has 46 heavy (non-hydrogen) atoms. The van der Waals surface area contributed by atoms with Crippen LogP contribution in [0.4, 0.5) is 4.79 Å². The lowest BCUT2D eigenvalue weighted by Gasteiger charge is -2.28. The Labute approximate surface area is 265 Å². The van der Waals surface area contributed by atoms with E-state index in [4.69, 9.17) is 4.74 Å². The summed E-state index contributed by atoms with van der Waals surface area (Å²) in [6.45, 7) is -0.435. The number of fused-ring (bicyclic) bond motifs is 1. The fourth-order valence-electron chi connectivity index (χ4n) is 5.97. The van der Waals surface area contributed by atoms with E-state index in [1.807, 2.05) is 30.3 Å². The number of carbonyl (C=O) groups is 3. The molecule has 0 radical (unpaired) electrons. The molecule has 2 saturated heterocycles. The van der Waals surface area contributed by atoms with E-state index in [0.29, 0.717) is 5.56 Å². The molecule has 2 aliphatic heterocycles. The zero-order chi connectivity index (χ0) is 32.4. The van der Waals surface area contributed by atoms with Gasteiger partial charge in [-0.1, -0.05) is 54.6 Å². The number of hydrogen-bond donors (Lipinski definition) is 2. The minimum Gasteiger partial charge on any atom is -0.618 e. The topological polar surface area (TPSA) is 160 Å². The highest BCUT2D eigenvalue weighted by molar-refractivity contribution is 7.89. The van der Waals surface area contributed by atoms with Crippen molar-refractivity contribution in [3.05, 3.63) is 114 Å². The molecule has 3 aromatic carbocycles. The molecule has 2 fully saturated rings. The highest BCUT2D eigenvalue weighted by atomic mass is 32.2. The van der Waals surface area contributed by atoms with Crippen molar-refractivity contribution in [2.75, 3.05) is 13.1 Å². The van der Waals surface area contributed by atoms with Gasteiger partial charge in [-0.2, -0.15) is 9.04 Å². The highest BCUT2D eigenvalue weighted by Crippen LogP contribution is 2.34. The normalized spacial score (nSPS) is 18.6. The van der Waals surface area contributed by atoms with Gasteiger partial charge in [-0.05, 0) is 53.4 Å². The van der Waals surface area contributed by atoms with Crippen LogP contribution in [0.2, 0.25) is 0 Å². The molecule has 3 unspecified atom stereocenters. The van der Waals surface area contributed by atoms with Crippen molar-refractivity contribution in [2.24, 2.45) is 0 Å². The Morgan fingerprint density at radius 1 is 0.957 bits per heavy atom. The summed E-state index contributed by atoms with van der Waals surface area (Å²) in [6.07, 6.45) is 0.331. The third-order valence-electron chi connectivity index (χ3n) is 8.16. The molecule has 1 aromatic heterocycles. The van der Waals surface area contributed by atoms with E-state index in [0.717, 1.165) is 27.7 Å². The van der Waals surface area contributed by atoms with E-state index < -0.39 is 57.5 Å². The Morgan fingerprint density at radius 3 is 2.33 bits per heavy atom. The summed E-state index contributed by atoms with van der Waals surface area (Å²) >= 11 is 0. The molecule has 3 heterocycles. The van der Waals surface area contributed by atoms with Gasteiger partial charge in [-0.3, -0.25) is 9.59 Å². The predicted octanol–water partition coefficient (Wildman–Crippen LogP) is 2.64. The molecule has 3 atom stereocenters. The van der Waals surface area contributed by atoms with Crippen molar-refractivity contribution in [3.63, 3.8) is 0 Å². The zero-order valence-corrected chi connectivity index (χ0v) is 25.2. The van der Waals surface area contributed by atoms with Gasteiger partial charge in [0.25, 0.3) is 0 Å². The molecule has 6 rings (SSSR count). The van der Waals surface area contributed by atoms with Crippen molar-refractivity contribution in [2.45, 2.75) is 36.0 Å². The Kier molecular flexibility index (Phi) is 8.43. The van der Waals surface area contributed by atoms with E-state index in [1.54, 1.807) is 36.4 Å². The minimum absolute atomic E-state index is 0.00540. The minimum atomic E-state index is -4.34. The number of aromatic hydroxyl groups is 1. The second-order valence-electron chi connectivity index (χ2n) is 11.1. The number of hydrogen-bond acceptors (Lipinski definition) is 8. The first-order valence-electron chi connectivity index (χ1n) is 14.6. The van der Waals surface area contributed by atoms with Gasteiger partial charge >= 0.3 is 21.1 Å². The number of pyridine rings is 1. The number of sulfonamides is 1. The number of aromatic nitrogens is 1. The van der Waals surface area contributed by atoms with Crippen LogP contribution in [0.1, 0.15) is 12.0 Å². The Bertz CT molecular complexity index is 1870. The summed E-state index contributed by atoms with van der Waals surface area (Å²) in [6, 6.07) is 23.5. The van der Waals surface area contributed by atoms with Gasteiger partial charge in [-0.15, -0.1) is 0 Å². The van der Waals surface area contributed by atoms with Crippen molar-refractivity contribution < 1.29 is 37.4 Å². The van der Waals surface area contributed by atoms with Gasteiger partial charge in [0, 0.05) is 25.1 Å². The van der Waals surface area contributed by atoms with Crippen LogP contribution in [0.15, 0.2) is 108 Å². The third-order valence-corrected chi connectivity index (χ3v) is 10.0. The lowest BCUT2D eigenvalue weighted by molar-refractivity contribution is -0.646. The molecule has 4 aromatic rings. The standard InChI is InChI=1S/C33H30N4O8S/c38-25-13-9-22(10-14-25)20-27(34-33(41)45-26-15-11-24(12-16-26)23-6-2-1-3-7-23)32(40)35-19-17-28-31(35)29(39)21-37(28)46(43,44)30-8-4-5-18-36(30)42/h1-16,18,27-28,31,38H,17,19-21H2,(H,34,41). The number of likely N-dealkylation sites (tertiary alicyclic amines) is 1. The summed E-state index contributed by atoms with van der Waals surface area (Å²) in [5.74, 6) is -0.811. The van der Waals surface area contributed by atoms with Crippen LogP contribution in [0.5, 0.6) is 11.5 Å². The number of nitrogens with one attached hydrogen (secondary N) is 1. The Hall–Kier alpha value is -5.27. The molecular formula is C33H30N4O8S. The number of benzene rings is 3. The van der Waals surface area contributed by atoms with Gasteiger partial charge in [-0.25, -0.2) is 13.2 Å². The predicted molar refractivity (Wildman–Crippen MR) is 165 cm³/mol. The zero-order valence-electron chi connectivity index (χ0n) is 24.4. The van der Waals surface area contributed by atoms with Crippen molar-refractivity contribution in [1.82, 2.24) is 14.5 Å². The SMILES string of the molecule is O=C(NC(Cc1ccc(O)cc1)C(=O)N1CCC2C1C(=O)CN2S(=O)(=O)c1cccc[n+]1[O-])Oc1ccc(-c2ccccc2)cc1. The molecule has 236 valence electrons. The van der Waals surface area contributed by atoms with Gasteiger partial charge < -0.3 is 25.3 Å². The van der Waals surface area contributed by atoms with E-state index in [2.05, 4.69) is 5.32 Å². The van der Waals surface area contributed by atoms with Crippen LogP contribution in [-0.2, 0) is 26.0 Å². The van der Waals surface area contributed by atoms with Crippen LogP contribution in [0, 0.1) is 5.21 Å².